The van der Waals surface area contributed by atoms with Crippen LogP contribution in [0.5, 0.6) is 0 Å². The Bertz CT molecular complexity index is 287. The zero-order valence-corrected chi connectivity index (χ0v) is 8.73. The first-order valence-corrected chi connectivity index (χ1v) is 4.85. The Balaban J connectivity index is 2.14. The highest BCUT2D eigenvalue weighted by atomic mass is 16.7. The van der Waals surface area contributed by atoms with Crippen molar-refractivity contribution in [2.75, 3.05) is 13.2 Å². The van der Waals surface area contributed by atoms with Crippen LogP contribution in [-0.4, -0.2) is 19.1 Å². The lowest BCUT2D eigenvalue weighted by Gasteiger charge is -2.05. The molecule has 0 fully saturated rings. The van der Waals surface area contributed by atoms with Crippen LogP contribution >= 0.6 is 0 Å². The molecule has 15 heavy (non-hydrogen) atoms. The van der Waals surface area contributed by atoms with Crippen LogP contribution in [0.15, 0.2) is 30.3 Å². The SMILES string of the molecule is CCOCC(=O)NOCc1ccccc1. The van der Waals surface area contributed by atoms with Gasteiger partial charge < -0.3 is 4.74 Å². The smallest absolute Gasteiger partial charge is 0.269 e. The highest BCUT2D eigenvalue weighted by Crippen LogP contribution is 1.98. The van der Waals surface area contributed by atoms with Crippen LogP contribution in [0.1, 0.15) is 12.5 Å². The Labute approximate surface area is 89.1 Å². The van der Waals surface area contributed by atoms with Crippen molar-refractivity contribution in [2.24, 2.45) is 0 Å². The van der Waals surface area contributed by atoms with Gasteiger partial charge in [0, 0.05) is 6.61 Å². The summed E-state index contributed by atoms with van der Waals surface area (Å²) >= 11 is 0. The fraction of sp³-hybridized carbons (Fsp3) is 0.364. The van der Waals surface area contributed by atoms with Crippen LogP contribution in [0, 0.1) is 0 Å². The number of rotatable bonds is 6. The summed E-state index contributed by atoms with van der Waals surface area (Å²) in [5.74, 6) is -0.271. The molecule has 0 aliphatic rings. The number of benzene rings is 1. The second-order valence-electron chi connectivity index (χ2n) is 2.94. The Kier molecular flexibility index (Phi) is 5.43. The number of amides is 1. The largest absolute Gasteiger partial charge is 0.372 e. The number of hydrogen-bond acceptors (Lipinski definition) is 3. The van der Waals surface area contributed by atoms with Gasteiger partial charge in [-0.05, 0) is 12.5 Å². The highest BCUT2D eigenvalue weighted by Gasteiger charge is 1.99. The molecule has 0 aliphatic carbocycles. The first-order chi connectivity index (χ1) is 7.33. The van der Waals surface area contributed by atoms with Crippen molar-refractivity contribution in [3.05, 3.63) is 35.9 Å². The fourth-order valence-electron chi connectivity index (χ4n) is 0.998. The molecule has 0 spiro atoms. The predicted molar refractivity (Wildman–Crippen MR) is 55.9 cm³/mol. The molecule has 1 aromatic carbocycles. The third kappa shape index (κ3) is 5.15. The van der Waals surface area contributed by atoms with Gasteiger partial charge in [0.25, 0.3) is 5.91 Å². The summed E-state index contributed by atoms with van der Waals surface area (Å²) in [6, 6.07) is 9.61. The molecule has 0 saturated heterocycles. The summed E-state index contributed by atoms with van der Waals surface area (Å²) in [6.07, 6.45) is 0. The molecule has 0 aliphatic heterocycles. The van der Waals surface area contributed by atoms with Gasteiger partial charge in [0.05, 0.1) is 6.61 Å². The fourth-order valence-corrected chi connectivity index (χ4v) is 0.998. The number of carbonyl (C=O) groups is 1. The van der Waals surface area contributed by atoms with Gasteiger partial charge in [-0.2, -0.15) is 0 Å². The minimum atomic E-state index is -0.271. The molecule has 1 aromatic rings. The number of ether oxygens (including phenoxy) is 1. The monoisotopic (exact) mass is 209 g/mol. The van der Waals surface area contributed by atoms with Crippen LogP contribution < -0.4 is 5.48 Å². The Morgan fingerprint density at radius 2 is 2.07 bits per heavy atom. The molecular formula is C11H15NO3. The van der Waals surface area contributed by atoms with Crippen molar-refractivity contribution in [1.29, 1.82) is 0 Å². The van der Waals surface area contributed by atoms with Gasteiger partial charge in [-0.1, -0.05) is 30.3 Å². The molecule has 0 saturated carbocycles. The number of nitrogens with one attached hydrogen (secondary N) is 1. The summed E-state index contributed by atoms with van der Waals surface area (Å²) in [5, 5.41) is 0. The quantitative estimate of drug-likeness (QED) is 0.718. The van der Waals surface area contributed by atoms with Gasteiger partial charge in [-0.15, -0.1) is 0 Å². The second kappa shape index (κ2) is 6.98. The van der Waals surface area contributed by atoms with E-state index in [1.165, 1.54) is 0 Å². The van der Waals surface area contributed by atoms with Gasteiger partial charge in [0.1, 0.15) is 6.61 Å². The molecule has 0 unspecified atom stereocenters. The van der Waals surface area contributed by atoms with Gasteiger partial charge in [-0.25, -0.2) is 5.48 Å². The molecule has 0 radical (unpaired) electrons. The van der Waals surface area contributed by atoms with Crippen LogP contribution in [0.3, 0.4) is 0 Å². The van der Waals surface area contributed by atoms with E-state index in [4.69, 9.17) is 9.57 Å². The summed E-state index contributed by atoms with van der Waals surface area (Å²) in [4.78, 5) is 16.0. The predicted octanol–water partition coefficient (Wildman–Crippen LogP) is 1.27. The molecule has 4 heteroatoms. The van der Waals surface area contributed by atoms with Crippen LogP contribution in [-0.2, 0) is 21.0 Å². The number of hydrogen-bond donors (Lipinski definition) is 1. The zero-order valence-electron chi connectivity index (χ0n) is 8.73. The average Bonchev–Trinajstić information content (AvgIpc) is 2.28. The Morgan fingerprint density at radius 3 is 2.73 bits per heavy atom. The van der Waals surface area contributed by atoms with Gasteiger partial charge in [-0.3, -0.25) is 9.63 Å². The first kappa shape index (κ1) is 11.7. The van der Waals surface area contributed by atoms with Crippen molar-refractivity contribution in [3.63, 3.8) is 0 Å². The van der Waals surface area contributed by atoms with E-state index in [-0.39, 0.29) is 12.5 Å². The maximum Gasteiger partial charge on any atom is 0.269 e. The molecule has 0 bridgehead atoms. The summed E-state index contributed by atoms with van der Waals surface area (Å²) in [7, 11) is 0. The zero-order chi connectivity index (χ0) is 10.9. The Hall–Kier alpha value is -1.39. The average molecular weight is 209 g/mol. The van der Waals surface area contributed by atoms with Crippen molar-refractivity contribution in [1.82, 2.24) is 5.48 Å². The molecule has 0 atom stereocenters. The lowest BCUT2D eigenvalue weighted by atomic mass is 10.2. The van der Waals surface area contributed by atoms with Crippen molar-refractivity contribution >= 4 is 5.91 Å². The summed E-state index contributed by atoms with van der Waals surface area (Å²) < 4.78 is 4.91. The van der Waals surface area contributed by atoms with Crippen molar-refractivity contribution in [3.8, 4) is 0 Å². The Morgan fingerprint density at radius 1 is 1.33 bits per heavy atom. The molecule has 0 aromatic heterocycles. The summed E-state index contributed by atoms with van der Waals surface area (Å²) in [5.41, 5.74) is 3.31. The minimum Gasteiger partial charge on any atom is -0.372 e. The topological polar surface area (TPSA) is 47.6 Å². The minimum absolute atomic E-state index is 0.0330. The number of carbonyl (C=O) groups excluding carboxylic acids is 1. The van der Waals surface area contributed by atoms with Crippen LogP contribution in [0.25, 0.3) is 0 Å². The van der Waals surface area contributed by atoms with Crippen LogP contribution in [0.4, 0.5) is 0 Å². The maximum atomic E-state index is 11.0. The third-order valence-electron chi connectivity index (χ3n) is 1.70. The van der Waals surface area contributed by atoms with Crippen LogP contribution in [0.2, 0.25) is 0 Å². The third-order valence-corrected chi connectivity index (χ3v) is 1.70. The second-order valence-corrected chi connectivity index (χ2v) is 2.94. The van der Waals surface area contributed by atoms with E-state index < -0.39 is 0 Å². The van der Waals surface area contributed by atoms with Gasteiger partial charge in [0.2, 0.25) is 0 Å². The molecule has 82 valence electrons. The molecule has 4 nitrogen and oxygen atoms in total. The van der Waals surface area contributed by atoms with E-state index in [0.29, 0.717) is 13.2 Å². The van der Waals surface area contributed by atoms with E-state index in [9.17, 15) is 4.79 Å². The normalized spacial score (nSPS) is 9.93. The summed E-state index contributed by atoms with van der Waals surface area (Å²) in [6.45, 7) is 2.74. The highest BCUT2D eigenvalue weighted by molar-refractivity contribution is 5.75. The molecule has 1 N–H and O–H groups in total. The molecule has 1 rings (SSSR count). The van der Waals surface area contributed by atoms with Gasteiger partial charge in [0.15, 0.2) is 0 Å². The molecule has 0 heterocycles. The lowest BCUT2D eigenvalue weighted by molar-refractivity contribution is -0.139. The molecular weight excluding hydrogens is 194 g/mol. The standard InChI is InChI=1S/C11H15NO3/c1-2-14-9-11(13)12-15-8-10-6-4-3-5-7-10/h3-7H,2,8-9H2,1H3,(H,12,13). The first-order valence-electron chi connectivity index (χ1n) is 4.85. The lowest BCUT2D eigenvalue weighted by Crippen LogP contribution is -2.27. The van der Waals surface area contributed by atoms with Crippen molar-refractivity contribution < 1.29 is 14.4 Å². The van der Waals surface area contributed by atoms with E-state index in [1.54, 1.807) is 0 Å². The van der Waals surface area contributed by atoms with E-state index >= 15 is 0 Å². The molecule has 1 amide bonds. The number of hydroxylamine groups is 1. The van der Waals surface area contributed by atoms with E-state index in [0.717, 1.165) is 5.56 Å². The van der Waals surface area contributed by atoms with E-state index in [1.807, 2.05) is 37.3 Å². The van der Waals surface area contributed by atoms with E-state index in [2.05, 4.69) is 5.48 Å². The van der Waals surface area contributed by atoms with Crippen molar-refractivity contribution in [2.45, 2.75) is 13.5 Å². The maximum absolute atomic E-state index is 11.0. The van der Waals surface area contributed by atoms with Gasteiger partial charge >= 0.3 is 0 Å².